The molecule has 1 heterocycles. The summed E-state index contributed by atoms with van der Waals surface area (Å²) in [6.07, 6.45) is 9.10. The third kappa shape index (κ3) is 3.75. The zero-order chi connectivity index (χ0) is 12.8. The maximum Gasteiger partial charge on any atom is 0.129 e. The molecule has 0 radical (unpaired) electrons. The highest BCUT2D eigenvalue weighted by Crippen LogP contribution is 2.19. The monoisotopic (exact) mass is 243 g/mol. The van der Waals surface area contributed by atoms with Gasteiger partial charge in [-0.25, -0.2) is 4.98 Å². The summed E-state index contributed by atoms with van der Waals surface area (Å²) in [6, 6.07) is 6.88. The van der Waals surface area contributed by atoms with Crippen molar-refractivity contribution in [3.8, 4) is 12.3 Å². The second-order valence-corrected chi connectivity index (χ2v) is 4.77. The van der Waals surface area contributed by atoms with Gasteiger partial charge in [-0.1, -0.05) is 18.9 Å². The van der Waals surface area contributed by atoms with Crippen LogP contribution in [0.2, 0.25) is 0 Å². The summed E-state index contributed by atoms with van der Waals surface area (Å²) in [5.41, 5.74) is 1.09. The molecule has 0 atom stereocenters. The molecule has 1 aliphatic rings. The lowest BCUT2D eigenvalue weighted by molar-refractivity contribution is 0.672. The molecule has 1 fully saturated rings. The van der Waals surface area contributed by atoms with Crippen molar-refractivity contribution in [3.63, 3.8) is 0 Å². The van der Waals surface area contributed by atoms with Gasteiger partial charge >= 0.3 is 0 Å². The van der Waals surface area contributed by atoms with Crippen molar-refractivity contribution < 1.29 is 0 Å². The fraction of sp³-hybridized carbons (Fsp3) is 0.533. The average Bonchev–Trinajstić information content (AvgIpc) is 3.21. The zero-order valence-corrected chi connectivity index (χ0v) is 11.0. The number of nitrogens with one attached hydrogen (secondary N) is 1. The minimum Gasteiger partial charge on any atom is -0.345 e. The SMILES string of the molecule is C#CCN(CCC)c1cccc(CNC2CC2)n1. The molecule has 0 amide bonds. The smallest absolute Gasteiger partial charge is 0.129 e. The molecule has 18 heavy (non-hydrogen) atoms. The molecule has 3 heteroatoms. The van der Waals surface area contributed by atoms with Crippen LogP contribution in [-0.2, 0) is 6.54 Å². The van der Waals surface area contributed by atoms with Gasteiger partial charge in [-0.05, 0) is 31.4 Å². The Kier molecular flexibility index (Phi) is 4.60. The minimum atomic E-state index is 0.625. The van der Waals surface area contributed by atoms with Crippen LogP contribution in [0, 0.1) is 12.3 Å². The topological polar surface area (TPSA) is 28.2 Å². The molecule has 0 aromatic carbocycles. The summed E-state index contributed by atoms with van der Waals surface area (Å²) < 4.78 is 0. The molecule has 0 bridgehead atoms. The zero-order valence-electron chi connectivity index (χ0n) is 11.0. The fourth-order valence-electron chi connectivity index (χ4n) is 1.93. The van der Waals surface area contributed by atoms with E-state index in [-0.39, 0.29) is 0 Å². The highest BCUT2D eigenvalue weighted by molar-refractivity contribution is 5.40. The number of hydrogen-bond donors (Lipinski definition) is 1. The van der Waals surface area contributed by atoms with Gasteiger partial charge in [0.15, 0.2) is 0 Å². The number of terminal acetylenes is 1. The Morgan fingerprint density at radius 2 is 2.33 bits per heavy atom. The van der Waals surface area contributed by atoms with Gasteiger partial charge in [0.05, 0.1) is 12.2 Å². The summed E-state index contributed by atoms with van der Waals surface area (Å²) >= 11 is 0. The first-order valence-electron chi connectivity index (χ1n) is 6.71. The molecule has 96 valence electrons. The highest BCUT2D eigenvalue weighted by atomic mass is 15.2. The van der Waals surface area contributed by atoms with Crippen LogP contribution in [-0.4, -0.2) is 24.1 Å². The maximum absolute atomic E-state index is 5.41. The van der Waals surface area contributed by atoms with Crippen LogP contribution in [0.4, 0.5) is 5.82 Å². The van der Waals surface area contributed by atoms with Gasteiger partial charge in [0.1, 0.15) is 5.82 Å². The van der Waals surface area contributed by atoms with Crippen LogP contribution in [0.15, 0.2) is 18.2 Å². The van der Waals surface area contributed by atoms with Crippen LogP contribution in [0.1, 0.15) is 31.9 Å². The summed E-state index contributed by atoms with van der Waals surface area (Å²) in [7, 11) is 0. The minimum absolute atomic E-state index is 0.625. The number of hydrogen-bond acceptors (Lipinski definition) is 3. The molecule has 1 aromatic heterocycles. The average molecular weight is 243 g/mol. The Hall–Kier alpha value is -1.53. The Morgan fingerprint density at radius 3 is 3.00 bits per heavy atom. The quantitative estimate of drug-likeness (QED) is 0.744. The van der Waals surface area contributed by atoms with Crippen LogP contribution in [0.3, 0.4) is 0 Å². The number of rotatable bonds is 7. The van der Waals surface area contributed by atoms with E-state index in [0.717, 1.165) is 31.0 Å². The van der Waals surface area contributed by atoms with Crippen molar-refractivity contribution in [2.24, 2.45) is 0 Å². The fourth-order valence-corrected chi connectivity index (χ4v) is 1.93. The molecular weight excluding hydrogens is 222 g/mol. The molecule has 0 aliphatic heterocycles. The first kappa shape index (κ1) is 12.9. The van der Waals surface area contributed by atoms with Crippen LogP contribution >= 0.6 is 0 Å². The van der Waals surface area contributed by atoms with Crippen molar-refractivity contribution in [2.45, 2.75) is 38.8 Å². The third-order valence-electron chi connectivity index (χ3n) is 3.04. The molecule has 1 N–H and O–H groups in total. The first-order chi connectivity index (χ1) is 8.83. The largest absolute Gasteiger partial charge is 0.345 e. The van der Waals surface area contributed by atoms with Crippen LogP contribution in [0.5, 0.6) is 0 Å². The van der Waals surface area contributed by atoms with E-state index in [1.54, 1.807) is 0 Å². The summed E-state index contributed by atoms with van der Waals surface area (Å²) in [4.78, 5) is 6.83. The molecule has 1 aliphatic carbocycles. The normalized spacial score (nSPS) is 14.2. The van der Waals surface area contributed by atoms with Gasteiger partial charge in [-0.2, -0.15) is 0 Å². The van der Waals surface area contributed by atoms with E-state index in [1.807, 2.05) is 6.07 Å². The summed E-state index contributed by atoms with van der Waals surface area (Å²) in [5.74, 6) is 3.69. The molecular formula is C15H21N3. The van der Waals surface area contributed by atoms with Crippen LogP contribution in [0.25, 0.3) is 0 Å². The molecule has 1 aromatic rings. The molecule has 0 unspecified atom stereocenters. The number of anilines is 1. The van der Waals surface area contributed by atoms with E-state index in [0.29, 0.717) is 12.6 Å². The molecule has 1 saturated carbocycles. The lowest BCUT2D eigenvalue weighted by atomic mass is 10.3. The molecule has 2 rings (SSSR count). The lowest BCUT2D eigenvalue weighted by Crippen LogP contribution is -2.26. The molecule has 3 nitrogen and oxygen atoms in total. The standard InChI is InChI=1S/C15H21N3/c1-3-10-18(11-4-2)15-7-5-6-14(17-15)12-16-13-8-9-13/h1,5-7,13,16H,4,8-12H2,2H3. The van der Waals surface area contributed by atoms with Crippen LogP contribution < -0.4 is 10.2 Å². The van der Waals surface area contributed by atoms with Crippen molar-refractivity contribution in [2.75, 3.05) is 18.0 Å². The van der Waals surface area contributed by atoms with Crippen molar-refractivity contribution in [3.05, 3.63) is 23.9 Å². The highest BCUT2D eigenvalue weighted by Gasteiger charge is 2.20. The Balaban J connectivity index is 2.01. The van der Waals surface area contributed by atoms with Gasteiger partial charge in [0.2, 0.25) is 0 Å². The number of aromatic nitrogens is 1. The molecule has 0 spiro atoms. The van der Waals surface area contributed by atoms with E-state index < -0.39 is 0 Å². The van der Waals surface area contributed by atoms with Crippen molar-refractivity contribution in [1.29, 1.82) is 0 Å². The second kappa shape index (κ2) is 6.42. The predicted octanol–water partition coefficient (Wildman–Crippen LogP) is 2.18. The lowest BCUT2D eigenvalue weighted by Gasteiger charge is -2.21. The van der Waals surface area contributed by atoms with Crippen molar-refractivity contribution in [1.82, 2.24) is 10.3 Å². The van der Waals surface area contributed by atoms with E-state index in [4.69, 9.17) is 6.42 Å². The Morgan fingerprint density at radius 1 is 1.50 bits per heavy atom. The van der Waals surface area contributed by atoms with Crippen molar-refractivity contribution >= 4 is 5.82 Å². The number of pyridine rings is 1. The van der Waals surface area contributed by atoms with Gasteiger partial charge in [-0.15, -0.1) is 6.42 Å². The van der Waals surface area contributed by atoms with E-state index in [9.17, 15) is 0 Å². The Labute approximate surface area is 110 Å². The number of nitrogens with zero attached hydrogens (tertiary/aromatic N) is 2. The summed E-state index contributed by atoms with van der Waals surface area (Å²) in [5, 5.41) is 3.48. The maximum atomic E-state index is 5.41. The van der Waals surface area contributed by atoms with E-state index in [2.05, 4.69) is 40.2 Å². The second-order valence-electron chi connectivity index (χ2n) is 4.77. The van der Waals surface area contributed by atoms with Gasteiger partial charge in [-0.3, -0.25) is 0 Å². The van der Waals surface area contributed by atoms with Gasteiger partial charge in [0.25, 0.3) is 0 Å². The van der Waals surface area contributed by atoms with Gasteiger partial charge < -0.3 is 10.2 Å². The van der Waals surface area contributed by atoms with Gasteiger partial charge in [0, 0.05) is 19.1 Å². The Bertz CT molecular complexity index is 418. The predicted molar refractivity (Wildman–Crippen MR) is 75.4 cm³/mol. The van der Waals surface area contributed by atoms with E-state index >= 15 is 0 Å². The third-order valence-corrected chi connectivity index (χ3v) is 3.04. The first-order valence-corrected chi connectivity index (χ1v) is 6.71. The van der Waals surface area contributed by atoms with E-state index in [1.165, 1.54) is 12.8 Å². The molecule has 0 saturated heterocycles. The summed E-state index contributed by atoms with van der Waals surface area (Å²) in [6.45, 7) is 4.59.